The maximum atomic E-state index is 14.4. The second-order valence-electron chi connectivity index (χ2n) is 7.17. The summed E-state index contributed by atoms with van der Waals surface area (Å²) >= 11 is 0. The lowest BCUT2D eigenvalue weighted by Crippen LogP contribution is -2.42. The van der Waals surface area contributed by atoms with E-state index >= 15 is 0 Å². The third-order valence-electron chi connectivity index (χ3n) is 5.51. The van der Waals surface area contributed by atoms with Crippen LogP contribution in [-0.2, 0) is 14.3 Å². The Morgan fingerprint density at radius 1 is 1.27 bits per heavy atom. The molecule has 1 heterocycles. The van der Waals surface area contributed by atoms with Crippen molar-refractivity contribution < 1.29 is 23.0 Å². The molecule has 0 amide bonds. The normalized spacial score (nSPS) is 26.8. The lowest BCUT2D eigenvalue weighted by atomic mass is 9.88. The Bertz CT molecular complexity index is 619. The number of benzene rings is 1. The van der Waals surface area contributed by atoms with E-state index in [1.54, 1.807) is 0 Å². The highest BCUT2D eigenvalue weighted by atomic mass is 19.1. The molecule has 3 rings (SSSR count). The van der Waals surface area contributed by atoms with Crippen molar-refractivity contribution in [3.05, 3.63) is 35.4 Å². The first kappa shape index (κ1) is 19.2. The molecule has 3 atom stereocenters. The van der Waals surface area contributed by atoms with Gasteiger partial charge in [-0.25, -0.2) is 8.78 Å². The number of carbonyl (C=O) groups excluding carboxylic acids is 1. The highest BCUT2D eigenvalue weighted by molar-refractivity contribution is 5.74. The van der Waals surface area contributed by atoms with Crippen molar-refractivity contribution in [1.29, 1.82) is 0 Å². The average molecular weight is 367 g/mol. The molecule has 1 aromatic rings. The second-order valence-corrected chi connectivity index (χ2v) is 7.17. The summed E-state index contributed by atoms with van der Waals surface area (Å²) in [6.07, 6.45) is 3.09. The quantitative estimate of drug-likeness (QED) is 0.570. The number of halogens is 2. The molecule has 0 aromatic heterocycles. The van der Waals surface area contributed by atoms with Crippen LogP contribution in [0.1, 0.15) is 44.1 Å². The number of hydrogen-bond donors (Lipinski definition) is 0. The molecule has 0 radical (unpaired) electrons. The summed E-state index contributed by atoms with van der Waals surface area (Å²) in [5.74, 6) is -2.11. The van der Waals surface area contributed by atoms with Crippen LogP contribution in [0.25, 0.3) is 0 Å². The summed E-state index contributed by atoms with van der Waals surface area (Å²) in [5.41, 5.74) is 0.416. The molecule has 1 aliphatic carbocycles. The minimum absolute atomic E-state index is 0.192. The van der Waals surface area contributed by atoms with Crippen molar-refractivity contribution in [1.82, 2.24) is 4.90 Å². The fourth-order valence-electron chi connectivity index (χ4n) is 4.08. The molecule has 144 valence electrons. The molecule has 1 aliphatic heterocycles. The molecule has 2 fully saturated rings. The number of nitrogens with zero attached hydrogens (tertiary/aromatic N) is 1. The van der Waals surface area contributed by atoms with E-state index in [1.807, 2.05) is 6.92 Å². The Morgan fingerprint density at radius 2 is 2.04 bits per heavy atom. The van der Waals surface area contributed by atoms with Crippen LogP contribution in [0.2, 0.25) is 0 Å². The zero-order valence-corrected chi connectivity index (χ0v) is 15.3. The van der Waals surface area contributed by atoms with Gasteiger partial charge < -0.3 is 9.47 Å². The summed E-state index contributed by atoms with van der Waals surface area (Å²) in [5, 5.41) is 0. The van der Waals surface area contributed by atoms with Crippen LogP contribution in [-0.4, -0.2) is 49.8 Å². The van der Waals surface area contributed by atoms with E-state index in [0.717, 1.165) is 32.0 Å². The number of unbranched alkanes of at least 4 members (excludes halogenated alkanes) is 1. The highest BCUT2D eigenvalue weighted by Crippen LogP contribution is 2.43. The Hall–Kier alpha value is -1.53. The molecule has 0 spiro atoms. The zero-order chi connectivity index (χ0) is 18.5. The van der Waals surface area contributed by atoms with Gasteiger partial charge in [-0.15, -0.1) is 0 Å². The number of esters is 1. The first-order valence-corrected chi connectivity index (χ1v) is 9.53. The fraction of sp³-hybridized carbons (Fsp3) is 0.650. The van der Waals surface area contributed by atoms with Crippen molar-refractivity contribution in [2.24, 2.45) is 5.92 Å². The Labute approximate surface area is 153 Å². The molecule has 1 unspecified atom stereocenters. The number of rotatable bonds is 6. The zero-order valence-electron chi connectivity index (χ0n) is 15.3. The highest BCUT2D eigenvalue weighted by Gasteiger charge is 2.43. The SMILES string of the molecule is CCCCOC(=O)[C@@H]1CC(N2CCOCC2)C[C@H]1c1ccc(F)cc1F. The minimum atomic E-state index is -0.601. The van der Waals surface area contributed by atoms with Gasteiger partial charge in [0.1, 0.15) is 11.6 Å². The summed E-state index contributed by atoms with van der Waals surface area (Å²) in [7, 11) is 0. The maximum absolute atomic E-state index is 14.4. The van der Waals surface area contributed by atoms with E-state index in [0.29, 0.717) is 38.2 Å². The third-order valence-corrected chi connectivity index (χ3v) is 5.51. The standard InChI is InChI=1S/C20H27F2NO3/c1-2-3-8-26-20(24)18-13-15(23-6-9-25-10-7-23)12-17(18)16-5-4-14(21)11-19(16)22/h4-5,11,15,17-18H,2-3,6-10,12-13H2,1H3/t15?,17-,18+/m0/s1. The largest absolute Gasteiger partial charge is 0.465 e. The van der Waals surface area contributed by atoms with E-state index in [9.17, 15) is 13.6 Å². The van der Waals surface area contributed by atoms with Crippen LogP contribution >= 0.6 is 0 Å². The molecular formula is C20H27F2NO3. The van der Waals surface area contributed by atoms with Crippen LogP contribution in [0.4, 0.5) is 8.78 Å². The number of morpholine rings is 1. The van der Waals surface area contributed by atoms with E-state index in [2.05, 4.69) is 4.90 Å². The molecule has 6 heteroatoms. The second kappa shape index (κ2) is 8.91. The van der Waals surface area contributed by atoms with Crippen LogP contribution in [0.5, 0.6) is 0 Å². The minimum Gasteiger partial charge on any atom is -0.465 e. The molecular weight excluding hydrogens is 340 g/mol. The van der Waals surface area contributed by atoms with E-state index in [4.69, 9.17) is 9.47 Å². The third kappa shape index (κ3) is 4.41. The fourth-order valence-corrected chi connectivity index (χ4v) is 4.08. The maximum Gasteiger partial charge on any atom is 0.309 e. The number of ether oxygens (including phenoxy) is 2. The van der Waals surface area contributed by atoms with E-state index in [1.165, 1.54) is 12.1 Å². The van der Waals surface area contributed by atoms with Gasteiger partial charge in [0.25, 0.3) is 0 Å². The van der Waals surface area contributed by atoms with Gasteiger partial charge in [-0.1, -0.05) is 19.4 Å². The van der Waals surface area contributed by atoms with Gasteiger partial charge in [0, 0.05) is 31.1 Å². The number of hydrogen-bond acceptors (Lipinski definition) is 4. The van der Waals surface area contributed by atoms with Gasteiger partial charge >= 0.3 is 5.97 Å². The summed E-state index contributed by atoms with van der Waals surface area (Å²) < 4.78 is 38.5. The first-order chi connectivity index (χ1) is 12.6. The molecule has 26 heavy (non-hydrogen) atoms. The van der Waals surface area contributed by atoms with Gasteiger partial charge in [0.2, 0.25) is 0 Å². The number of carbonyl (C=O) groups is 1. The van der Waals surface area contributed by atoms with Gasteiger partial charge in [-0.05, 0) is 30.9 Å². The van der Waals surface area contributed by atoms with Gasteiger partial charge in [-0.3, -0.25) is 9.69 Å². The van der Waals surface area contributed by atoms with E-state index < -0.39 is 11.6 Å². The van der Waals surface area contributed by atoms with Gasteiger partial charge in [0.15, 0.2) is 0 Å². The van der Waals surface area contributed by atoms with Gasteiger partial charge in [-0.2, -0.15) is 0 Å². The monoisotopic (exact) mass is 367 g/mol. The predicted molar refractivity (Wildman–Crippen MR) is 93.9 cm³/mol. The van der Waals surface area contributed by atoms with Crippen LogP contribution in [0.3, 0.4) is 0 Å². The topological polar surface area (TPSA) is 38.8 Å². The average Bonchev–Trinajstić information content (AvgIpc) is 3.08. The molecule has 0 bridgehead atoms. The van der Waals surface area contributed by atoms with Crippen LogP contribution < -0.4 is 0 Å². The van der Waals surface area contributed by atoms with Crippen LogP contribution in [0.15, 0.2) is 18.2 Å². The van der Waals surface area contributed by atoms with E-state index in [-0.39, 0.29) is 23.8 Å². The van der Waals surface area contributed by atoms with Crippen LogP contribution in [0, 0.1) is 17.6 Å². The summed E-state index contributed by atoms with van der Waals surface area (Å²) in [6.45, 7) is 5.43. The van der Waals surface area contributed by atoms with Gasteiger partial charge in [0.05, 0.1) is 25.7 Å². The predicted octanol–water partition coefficient (Wildman–Crippen LogP) is 3.50. The Balaban J connectivity index is 1.78. The Kier molecular flexibility index (Phi) is 6.59. The molecule has 0 N–H and O–H groups in total. The van der Waals surface area contributed by atoms with Crippen molar-refractivity contribution in [3.63, 3.8) is 0 Å². The molecule has 1 saturated heterocycles. The lowest BCUT2D eigenvalue weighted by molar-refractivity contribution is -0.149. The summed E-state index contributed by atoms with van der Waals surface area (Å²) in [6, 6.07) is 3.83. The summed E-state index contributed by atoms with van der Waals surface area (Å²) in [4.78, 5) is 15.0. The first-order valence-electron chi connectivity index (χ1n) is 9.53. The van der Waals surface area contributed by atoms with Crippen molar-refractivity contribution in [3.8, 4) is 0 Å². The van der Waals surface area contributed by atoms with Crippen molar-refractivity contribution >= 4 is 5.97 Å². The molecule has 1 saturated carbocycles. The smallest absolute Gasteiger partial charge is 0.309 e. The molecule has 4 nitrogen and oxygen atoms in total. The van der Waals surface area contributed by atoms with Crippen molar-refractivity contribution in [2.75, 3.05) is 32.9 Å². The molecule has 1 aromatic carbocycles. The van der Waals surface area contributed by atoms with Crippen molar-refractivity contribution in [2.45, 2.75) is 44.6 Å². The Morgan fingerprint density at radius 3 is 2.73 bits per heavy atom. The lowest BCUT2D eigenvalue weighted by Gasteiger charge is -2.32. The molecule has 2 aliphatic rings.